The number of halogens is 2. The van der Waals surface area contributed by atoms with Crippen molar-refractivity contribution in [1.82, 2.24) is 9.55 Å². The molecule has 98 valence electrons. The summed E-state index contributed by atoms with van der Waals surface area (Å²) in [4.78, 5) is 36.9. The molecule has 2 aromatic rings. The van der Waals surface area contributed by atoms with E-state index in [1.54, 1.807) is 0 Å². The molecule has 0 atom stereocenters. The van der Waals surface area contributed by atoms with E-state index < -0.39 is 34.4 Å². The van der Waals surface area contributed by atoms with Crippen LogP contribution in [0.25, 0.3) is 5.69 Å². The Balaban J connectivity index is 2.86. The van der Waals surface area contributed by atoms with E-state index in [0.717, 1.165) is 25.3 Å². The summed E-state index contributed by atoms with van der Waals surface area (Å²) in [6, 6.07) is 2.35. The van der Waals surface area contributed by atoms with Crippen molar-refractivity contribution in [2.45, 2.75) is 6.92 Å². The van der Waals surface area contributed by atoms with Gasteiger partial charge in [0.25, 0.3) is 5.56 Å². The zero-order chi connectivity index (χ0) is 14.2. The molecule has 7 heteroatoms. The second kappa shape index (κ2) is 4.60. The maximum absolute atomic E-state index is 13.6. The Morgan fingerprint density at radius 3 is 2.58 bits per heavy atom. The molecule has 0 fully saturated rings. The molecule has 0 aliphatic rings. The first-order chi connectivity index (χ1) is 8.91. The molecule has 0 radical (unpaired) electrons. The number of nitrogens with zero attached hydrogens (tertiary/aromatic N) is 1. The molecule has 5 nitrogen and oxygen atoms in total. The van der Waals surface area contributed by atoms with Gasteiger partial charge in [-0.05, 0) is 19.1 Å². The molecule has 0 spiro atoms. The summed E-state index contributed by atoms with van der Waals surface area (Å²) in [6.07, 6.45) is 0.945. The summed E-state index contributed by atoms with van der Waals surface area (Å²) in [5, 5.41) is 0. The third-order valence-electron chi connectivity index (χ3n) is 2.50. The SMILES string of the molecule is CC(=O)c1c[nH]c(=O)n(-c2cc(F)ccc2F)c1=O. The van der Waals surface area contributed by atoms with E-state index in [9.17, 15) is 23.2 Å². The lowest BCUT2D eigenvalue weighted by molar-refractivity contribution is 0.101. The zero-order valence-electron chi connectivity index (χ0n) is 9.74. The molecular formula is C12H8F2N2O3. The van der Waals surface area contributed by atoms with Crippen molar-refractivity contribution in [2.75, 3.05) is 0 Å². The van der Waals surface area contributed by atoms with E-state index in [4.69, 9.17) is 0 Å². The molecule has 1 aromatic heterocycles. The minimum Gasteiger partial charge on any atom is -0.313 e. The molecule has 0 saturated heterocycles. The van der Waals surface area contributed by atoms with E-state index in [1.807, 2.05) is 0 Å². The minimum absolute atomic E-state index is 0.316. The maximum atomic E-state index is 13.6. The van der Waals surface area contributed by atoms with Gasteiger partial charge in [0.15, 0.2) is 5.78 Å². The number of aromatic nitrogens is 2. The first-order valence-electron chi connectivity index (χ1n) is 5.23. The number of H-pyrrole nitrogens is 1. The van der Waals surface area contributed by atoms with Gasteiger partial charge in [-0.15, -0.1) is 0 Å². The van der Waals surface area contributed by atoms with Crippen LogP contribution in [0.1, 0.15) is 17.3 Å². The van der Waals surface area contributed by atoms with Crippen molar-refractivity contribution >= 4 is 5.78 Å². The Morgan fingerprint density at radius 2 is 1.95 bits per heavy atom. The van der Waals surface area contributed by atoms with Crippen LogP contribution in [0.5, 0.6) is 0 Å². The first-order valence-corrected chi connectivity index (χ1v) is 5.23. The predicted molar refractivity (Wildman–Crippen MR) is 62.6 cm³/mol. The Morgan fingerprint density at radius 1 is 1.26 bits per heavy atom. The van der Waals surface area contributed by atoms with Gasteiger partial charge in [-0.3, -0.25) is 9.59 Å². The fraction of sp³-hybridized carbons (Fsp3) is 0.0833. The number of Topliss-reactive ketones (excluding diaryl/α,β-unsaturated/α-hetero) is 1. The summed E-state index contributed by atoms with van der Waals surface area (Å²) in [5.41, 5.74) is -2.82. The van der Waals surface area contributed by atoms with E-state index in [1.165, 1.54) is 0 Å². The third kappa shape index (κ3) is 2.22. The van der Waals surface area contributed by atoms with Crippen LogP contribution in [0.15, 0.2) is 34.0 Å². The van der Waals surface area contributed by atoms with Crippen LogP contribution in [0, 0.1) is 11.6 Å². The number of benzene rings is 1. The molecule has 19 heavy (non-hydrogen) atoms. The van der Waals surface area contributed by atoms with Gasteiger partial charge < -0.3 is 4.98 Å². The molecular weight excluding hydrogens is 258 g/mol. The fourth-order valence-corrected chi connectivity index (χ4v) is 1.60. The Kier molecular flexibility index (Phi) is 3.12. The van der Waals surface area contributed by atoms with Gasteiger partial charge in [-0.2, -0.15) is 0 Å². The number of carbonyl (C=O) groups excluding carboxylic acids is 1. The molecule has 0 aliphatic heterocycles. The largest absolute Gasteiger partial charge is 0.333 e. The lowest BCUT2D eigenvalue weighted by Gasteiger charge is -2.06. The van der Waals surface area contributed by atoms with E-state index >= 15 is 0 Å². The summed E-state index contributed by atoms with van der Waals surface area (Å²) in [5.74, 6) is -2.35. The van der Waals surface area contributed by atoms with Gasteiger partial charge in [0, 0.05) is 12.3 Å². The van der Waals surface area contributed by atoms with Crippen LogP contribution in [0.2, 0.25) is 0 Å². The van der Waals surface area contributed by atoms with Crippen molar-refractivity contribution in [3.8, 4) is 5.69 Å². The summed E-state index contributed by atoms with van der Waals surface area (Å²) in [6.45, 7) is 1.13. The maximum Gasteiger partial charge on any atom is 0.333 e. The van der Waals surface area contributed by atoms with Crippen LogP contribution >= 0.6 is 0 Å². The van der Waals surface area contributed by atoms with Crippen molar-refractivity contribution < 1.29 is 13.6 Å². The van der Waals surface area contributed by atoms with Crippen LogP contribution < -0.4 is 11.2 Å². The van der Waals surface area contributed by atoms with Gasteiger partial charge in [0.05, 0.1) is 11.3 Å². The van der Waals surface area contributed by atoms with Crippen molar-refractivity contribution in [2.24, 2.45) is 0 Å². The van der Waals surface area contributed by atoms with Crippen LogP contribution in [0.4, 0.5) is 8.78 Å². The Bertz CT molecular complexity index is 777. The molecule has 0 aliphatic carbocycles. The van der Waals surface area contributed by atoms with E-state index in [0.29, 0.717) is 10.6 Å². The average Bonchev–Trinajstić information content (AvgIpc) is 2.33. The highest BCUT2D eigenvalue weighted by Gasteiger charge is 2.15. The summed E-state index contributed by atoms with van der Waals surface area (Å²) in [7, 11) is 0. The zero-order valence-corrected chi connectivity index (χ0v) is 9.74. The standard InChI is InChI=1S/C12H8F2N2O3/c1-6(17)8-5-15-12(19)16(11(8)18)10-4-7(13)2-3-9(10)14/h2-5H,1H3,(H,15,19). The van der Waals surface area contributed by atoms with Gasteiger partial charge in [0.2, 0.25) is 0 Å². The number of ketones is 1. The van der Waals surface area contributed by atoms with E-state index in [-0.39, 0.29) is 5.56 Å². The van der Waals surface area contributed by atoms with Crippen LogP contribution in [-0.2, 0) is 0 Å². The smallest absolute Gasteiger partial charge is 0.313 e. The van der Waals surface area contributed by atoms with Crippen LogP contribution in [0.3, 0.4) is 0 Å². The molecule has 0 saturated carbocycles. The molecule has 1 heterocycles. The number of hydrogen-bond donors (Lipinski definition) is 1. The summed E-state index contributed by atoms with van der Waals surface area (Å²) >= 11 is 0. The lowest BCUT2D eigenvalue weighted by atomic mass is 10.2. The quantitative estimate of drug-likeness (QED) is 0.824. The fourth-order valence-electron chi connectivity index (χ4n) is 1.60. The van der Waals surface area contributed by atoms with Crippen molar-refractivity contribution in [3.63, 3.8) is 0 Å². The highest BCUT2D eigenvalue weighted by atomic mass is 19.1. The van der Waals surface area contributed by atoms with Crippen molar-refractivity contribution in [3.05, 3.63) is 62.4 Å². The topological polar surface area (TPSA) is 71.9 Å². The number of hydrogen-bond acceptors (Lipinski definition) is 3. The molecule has 0 amide bonds. The van der Waals surface area contributed by atoms with Gasteiger partial charge in [-0.1, -0.05) is 0 Å². The van der Waals surface area contributed by atoms with Gasteiger partial charge >= 0.3 is 5.69 Å². The predicted octanol–water partition coefficient (Wildman–Crippen LogP) is 1.01. The van der Waals surface area contributed by atoms with E-state index in [2.05, 4.69) is 4.98 Å². The van der Waals surface area contributed by atoms with Crippen LogP contribution in [-0.4, -0.2) is 15.3 Å². The lowest BCUT2D eigenvalue weighted by Crippen LogP contribution is -2.37. The Hall–Kier alpha value is -2.57. The first kappa shape index (κ1) is 12.9. The minimum atomic E-state index is -0.999. The number of rotatable bonds is 2. The average molecular weight is 266 g/mol. The Labute approximate surface area is 105 Å². The molecule has 0 unspecified atom stereocenters. The number of carbonyl (C=O) groups is 1. The second-order valence-corrected chi connectivity index (χ2v) is 3.80. The van der Waals surface area contributed by atoms with Gasteiger partial charge in [-0.25, -0.2) is 18.1 Å². The highest BCUT2D eigenvalue weighted by molar-refractivity contribution is 5.93. The second-order valence-electron chi connectivity index (χ2n) is 3.80. The molecule has 2 rings (SSSR count). The number of aromatic amines is 1. The monoisotopic (exact) mass is 266 g/mol. The third-order valence-corrected chi connectivity index (χ3v) is 2.50. The molecule has 1 aromatic carbocycles. The molecule has 0 bridgehead atoms. The molecule has 1 N–H and O–H groups in total. The van der Waals surface area contributed by atoms with Crippen molar-refractivity contribution in [1.29, 1.82) is 0 Å². The van der Waals surface area contributed by atoms with Gasteiger partial charge in [0.1, 0.15) is 11.6 Å². The highest BCUT2D eigenvalue weighted by Crippen LogP contribution is 2.11. The summed E-state index contributed by atoms with van der Waals surface area (Å²) < 4.78 is 27.1. The normalized spacial score (nSPS) is 10.5. The number of nitrogens with one attached hydrogen (secondary N) is 1.